The summed E-state index contributed by atoms with van der Waals surface area (Å²) in [6, 6.07) is 13.7. The zero-order valence-corrected chi connectivity index (χ0v) is 24.4. The van der Waals surface area contributed by atoms with Crippen LogP contribution in [0.3, 0.4) is 0 Å². The van der Waals surface area contributed by atoms with Gasteiger partial charge in [-0.2, -0.15) is 0 Å². The molecule has 5 heteroatoms. The number of hydrogen-bond acceptors (Lipinski definition) is 2. The molecule has 0 aliphatic carbocycles. The number of nitrogens with zero attached hydrogens (tertiary/aromatic N) is 1. The molecule has 2 nitrogen and oxygen atoms in total. The van der Waals surface area contributed by atoms with Crippen molar-refractivity contribution in [1.29, 1.82) is 0 Å². The number of hydrogen-bond donors (Lipinski definition) is 1. The molecular formula is C25H43NOSi3. The van der Waals surface area contributed by atoms with E-state index in [-0.39, 0.29) is 5.41 Å². The molecule has 0 spiro atoms. The first-order valence-corrected chi connectivity index (χ1v) is 21.0. The maximum atomic E-state index is 11.2. The lowest BCUT2D eigenvalue weighted by Crippen LogP contribution is -2.57. The third-order valence-electron chi connectivity index (χ3n) is 6.38. The second-order valence-electron chi connectivity index (χ2n) is 12.3. The van der Waals surface area contributed by atoms with Gasteiger partial charge in [0, 0.05) is 10.9 Å². The van der Waals surface area contributed by atoms with Crippen molar-refractivity contribution in [2.24, 2.45) is 0 Å². The average molecular weight is 458 g/mol. The topological polar surface area (TPSA) is 23.5 Å². The van der Waals surface area contributed by atoms with Crippen LogP contribution in [0, 0.1) is 0 Å². The molecule has 0 saturated heterocycles. The van der Waals surface area contributed by atoms with Gasteiger partial charge in [0.1, 0.15) is 5.75 Å². The number of aromatic hydroxyl groups is 1. The molecule has 0 heterocycles. The molecule has 0 bridgehead atoms. The van der Waals surface area contributed by atoms with Crippen molar-refractivity contribution in [3.05, 3.63) is 42.0 Å². The Kier molecular flexibility index (Phi) is 6.65. The molecule has 30 heavy (non-hydrogen) atoms. The molecule has 166 valence electrons. The standard InChI is InChI=1S/C25H43NOSi3/c1-25(2,3)22-14-13-15-23(24(22)27)30(11,12)26(4)19-16-20(28(5,6)7)18-21(17-19)29(8,9)10/h13-18,27H,1-12H3. The maximum Gasteiger partial charge on any atom is 0.185 e. The van der Waals surface area contributed by atoms with E-state index in [0.717, 1.165) is 10.8 Å². The highest BCUT2D eigenvalue weighted by Crippen LogP contribution is 2.31. The van der Waals surface area contributed by atoms with Crippen LogP contribution in [0.15, 0.2) is 36.4 Å². The van der Waals surface area contributed by atoms with Gasteiger partial charge in [-0.05, 0) is 43.3 Å². The Balaban J connectivity index is 2.66. The first-order valence-electron chi connectivity index (χ1n) is 11.1. The summed E-state index contributed by atoms with van der Waals surface area (Å²) in [5.41, 5.74) is 2.27. The summed E-state index contributed by atoms with van der Waals surface area (Å²) in [7, 11) is -2.78. The van der Waals surface area contributed by atoms with Crippen LogP contribution >= 0.6 is 0 Å². The molecule has 1 N–H and O–H groups in total. The molecule has 0 aliphatic rings. The van der Waals surface area contributed by atoms with E-state index in [9.17, 15) is 5.11 Å². The average Bonchev–Trinajstić information content (AvgIpc) is 2.58. The van der Waals surface area contributed by atoms with Crippen LogP contribution in [0.5, 0.6) is 5.75 Å². The minimum atomic E-state index is -2.13. The predicted molar refractivity (Wildman–Crippen MR) is 145 cm³/mol. The first-order chi connectivity index (χ1) is 13.4. The normalized spacial score (nSPS) is 13.5. The van der Waals surface area contributed by atoms with E-state index < -0.39 is 24.4 Å². The Morgan fingerprint density at radius 2 is 1.23 bits per heavy atom. The van der Waals surface area contributed by atoms with Gasteiger partial charge in [-0.15, -0.1) is 0 Å². The Bertz CT molecular complexity index is 883. The second kappa shape index (κ2) is 7.99. The van der Waals surface area contributed by atoms with Crippen LogP contribution in [-0.2, 0) is 5.41 Å². The number of para-hydroxylation sites is 1. The van der Waals surface area contributed by atoms with Gasteiger partial charge in [-0.25, -0.2) is 0 Å². The van der Waals surface area contributed by atoms with Crippen molar-refractivity contribution < 1.29 is 5.11 Å². The van der Waals surface area contributed by atoms with Crippen LogP contribution in [0.2, 0.25) is 52.4 Å². The first kappa shape index (κ1) is 25.0. The second-order valence-corrected chi connectivity index (χ2v) is 26.8. The molecule has 0 radical (unpaired) electrons. The van der Waals surface area contributed by atoms with E-state index >= 15 is 0 Å². The zero-order valence-electron chi connectivity index (χ0n) is 21.4. The third kappa shape index (κ3) is 5.11. The summed E-state index contributed by atoms with van der Waals surface area (Å²) in [4.78, 5) is 0. The fraction of sp³-hybridized carbons (Fsp3) is 0.520. The maximum absolute atomic E-state index is 11.2. The van der Waals surface area contributed by atoms with Crippen LogP contribution in [0.1, 0.15) is 26.3 Å². The SMILES string of the molecule is CN(c1cc([Si](C)(C)C)cc([Si](C)(C)C)c1)[Si](C)(C)c1cccc(C(C)(C)C)c1O. The highest BCUT2D eigenvalue weighted by molar-refractivity contribution is 6.94. The smallest absolute Gasteiger partial charge is 0.185 e. The number of benzene rings is 2. The summed E-state index contributed by atoms with van der Waals surface area (Å²) in [6.07, 6.45) is 0. The molecule has 0 aromatic heterocycles. The van der Waals surface area contributed by atoms with Crippen molar-refractivity contribution in [2.45, 2.75) is 78.6 Å². The summed E-state index contributed by atoms with van der Waals surface area (Å²) >= 11 is 0. The molecule has 0 fully saturated rings. The van der Waals surface area contributed by atoms with Gasteiger partial charge in [0.25, 0.3) is 0 Å². The van der Waals surface area contributed by atoms with Crippen LogP contribution in [0.4, 0.5) is 5.69 Å². The molecule has 0 saturated carbocycles. The van der Waals surface area contributed by atoms with Crippen LogP contribution in [-0.4, -0.2) is 36.5 Å². The fourth-order valence-corrected chi connectivity index (χ4v) is 8.65. The van der Waals surface area contributed by atoms with Gasteiger partial charge in [0.05, 0.1) is 16.1 Å². The molecule has 0 amide bonds. The van der Waals surface area contributed by atoms with E-state index in [2.05, 4.69) is 121 Å². The summed E-state index contributed by atoms with van der Waals surface area (Å²) in [5.74, 6) is 0.486. The molecule has 0 unspecified atom stereocenters. The largest absolute Gasteiger partial charge is 0.508 e. The van der Waals surface area contributed by atoms with E-state index in [1.165, 1.54) is 16.1 Å². The van der Waals surface area contributed by atoms with E-state index in [1.807, 2.05) is 0 Å². The quantitative estimate of drug-likeness (QED) is 0.613. The Hall–Kier alpha value is -1.31. The van der Waals surface area contributed by atoms with Crippen molar-refractivity contribution in [3.8, 4) is 5.75 Å². The van der Waals surface area contributed by atoms with Gasteiger partial charge >= 0.3 is 0 Å². The Labute approximate surface area is 188 Å². The molecule has 0 atom stereocenters. The van der Waals surface area contributed by atoms with Crippen LogP contribution in [0.25, 0.3) is 0 Å². The van der Waals surface area contributed by atoms with Gasteiger partial charge in [-0.3, -0.25) is 0 Å². The third-order valence-corrected chi connectivity index (χ3v) is 14.1. The summed E-state index contributed by atoms with van der Waals surface area (Å²) in [5, 5.41) is 15.4. The lowest BCUT2D eigenvalue weighted by atomic mass is 9.86. The molecular weight excluding hydrogens is 415 g/mol. The minimum absolute atomic E-state index is 0.0775. The van der Waals surface area contributed by atoms with E-state index in [4.69, 9.17) is 0 Å². The molecule has 2 rings (SSSR count). The number of phenolic OH excluding ortho intramolecular Hbond substituents is 1. The summed E-state index contributed by atoms with van der Waals surface area (Å²) < 4.78 is 2.49. The number of rotatable bonds is 5. The highest BCUT2D eigenvalue weighted by Gasteiger charge is 2.35. The summed E-state index contributed by atoms with van der Waals surface area (Å²) in [6.45, 7) is 25.8. The van der Waals surface area contributed by atoms with Crippen molar-refractivity contribution in [1.82, 2.24) is 0 Å². The minimum Gasteiger partial charge on any atom is -0.508 e. The van der Waals surface area contributed by atoms with Gasteiger partial charge in [0.15, 0.2) is 8.24 Å². The lowest BCUT2D eigenvalue weighted by Gasteiger charge is -2.38. The monoisotopic (exact) mass is 457 g/mol. The van der Waals surface area contributed by atoms with E-state index in [0.29, 0.717) is 5.75 Å². The highest BCUT2D eigenvalue weighted by atomic mass is 28.3. The predicted octanol–water partition coefficient (Wildman–Crippen LogP) is 5.33. The Morgan fingerprint density at radius 1 is 0.767 bits per heavy atom. The number of phenols is 1. The fourth-order valence-electron chi connectivity index (χ4n) is 3.82. The van der Waals surface area contributed by atoms with Gasteiger partial charge in [-0.1, -0.05) is 94.7 Å². The van der Waals surface area contributed by atoms with E-state index in [1.54, 1.807) is 0 Å². The van der Waals surface area contributed by atoms with Crippen molar-refractivity contribution in [3.63, 3.8) is 0 Å². The lowest BCUT2D eigenvalue weighted by molar-refractivity contribution is 0.450. The Morgan fingerprint density at radius 3 is 1.63 bits per heavy atom. The van der Waals surface area contributed by atoms with Crippen molar-refractivity contribution in [2.75, 3.05) is 11.6 Å². The van der Waals surface area contributed by atoms with Crippen LogP contribution < -0.4 is 20.1 Å². The van der Waals surface area contributed by atoms with Gasteiger partial charge in [0.2, 0.25) is 0 Å². The number of anilines is 1. The molecule has 0 aliphatic heterocycles. The van der Waals surface area contributed by atoms with Crippen molar-refractivity contribution >= 4 is 45.6 Å². The van der Waals surface area contributed by atoms with Gasteiger partial charge < -0.3 is 9.67 Å². The zero-order chi connectivity index (χ0) is 23.3. The molecule has 2 aromatic rings. The molecule has 2 aromatic carbocycles.